The zero-order valence-corrected chi connectivity index (χ0v) is 22.5. The molecule has 9 nitrogen and oxygen atoms in total. The summed E-state index contributed by atoms with van der Waals surface area (Å²) in [6.07, 6.45) is -6.33. The second kappa shape index (κ2) is 9.75. The highest BCUT2D eigenvalue weighted by Crippen LogP contribution is 2.41. The van der Waals surface area contributed by atoms with E-state index in [0.29, 0.717) is 6.07 Å². The highest BCUT2D eigenvalue weighted by molar-refractivity contribution is 6.05. The van der Waals surface area contributed by atoms with Crippen molar-refractivity contribution in [1.29, 1.82) is 0 Å². The summed E-state index contributed by atoms with van der Waals surface area (Å²) in [5, 5.41) is 5.02. The molecule has 1 atom stereocenters. The summed E-state index contributed by atoms with van der Waals surface area (Å²) < 4.78 is 78.7. The standard InChI is InChI=1S/C26H27F5N6O3/c1-24(2,3)40-23(39)34-22-35-25(4,12-17(38)36(22)6)13-8-7-9-16(19(13)28)37-20-15(33-21(37)32-5)11-10-14(27)18(20)26(29,30)31/h7-11H,12H2,1-6H3,(H,32,33)(H,34,35,39)/t25-/m0/s1. The molecule has 1 aliphatic heterocycles. The fraction of sp³-hybridized carbons (Fsp3) is 0.385. The fourth-order valence-electron chi connectivity index (χ4n) is 4.46. The van der Waals surface area contributed by atoms with Gasteiger partial charge in [0.1, 0.15) is 17.0 Å². The average molecular weight is 567 g/mol. The molecule has 14 heteroatoms. The molecule has 2 heterocycles. The van der Waals surface area contributed by atoms with Crippen LogP contribution in [-0.4, -0.2) is 52.1 Å². The number of imidazole rings is 1. The van der Waals surface area contributed by atoms with E-state index in [0.717, 1.165) is 15.5 Å². The summed E-state index contributed by atoms with van der Waals surface area (Å²) in [6, 6.07) is 5.61. The van der Waals surface area contributed by atoms with E-state index in [1.165, 1.54) is 39.2 Å². The van der Waals surface area contributed by atoms with Crippen LogP contribution in [0.15, 0.2) is 35.3 Å². The van der Waals surface area contributed by atoms with Crippen LogP contribution in [0.3, 0.4) is 0 Å². The van der Waals surface area contributed by atoms with E-state index in [-0.39, 0.29) is 35.1 Å². The Kier molecular flexibility index (Phi) is 7.01. The van der Waals surface area contributed by atoms with E-state index in [1.54, 1.807) is 20.8 Å². The lowest BCUT2D eigenvalue weighted by Gasteiger charge is -2.35. The molecule has 1 aliphatic rings. The molecule has 0 saturated carbocycles. The Bertz CT molecular complexity index is 1540. The van der Waals surface area contributed by atoms with Gasteiger partial charge >= 0.3 is 12.3 Å². The van der Waals surface area contributed by atoms with Crippen molar-refractivity contribution in [2.24, 2.45) is 4.99 Å². The zero-order chi connectivity index (χ0) is 29.8. The third-order valence-electron chi connectivity index (χ3n) is 6.23. The first-order chi connectivity index (χ1) is 18.5. The third-order valence-corrected chi connectivity index (χ3v) is 6.23. The molecule has 2 amide bonds. The van der Waals surface area contributed by atoms with Gasteiger partial charge in [-0.25, -0.2) is 23.6 Å². The van der Waals surface area contributed by atoms with Crippen LogP contribution in [-0.2, 0) is 21.2 Å². The molecule has 4 rings (SSSR count). The van der Waals surface area contributed by atoms with Crippen LogP contribution in [0.5, 0.6) is 0 Å². The van der Waals surface area contributed by atoms with Gasteiger partial charge in [0.05, 0.1) is 28.7 Å². The van der Waals surface area contributed by atoms with Gasteiger partial charge in [0.25, 0.3) is 0 Å². The zero-order valence-electron chi connectivity index (χ0n) is 22.5. The molecule has 0 aliphatic carbocycles. The first-order valence-corrected chi connectivity index (χ1v) is 12.1. The van der Waals surface area contributed by atoms with Crippen LogP contribution in [0.4, 0.5) is 32.7 Å². The molecule has 0 bridgehead atoms. The van der Waals surface area contributed by atoms with E-state index < -0.39 is 52.0 Å². The van der Waals surface area contributed by atoms with Crippen LogP contribution in [0.2, 0.25) is 0 Å². The number of hydrogen-bond donors (Lipinski definition) is 2. The highest BCUT2D eigenvalue weighted by Gasteiger charge is 2.42. The second-order valence-electron chi connectivity index (χ2n) is 10.4. The highest BCUT2D eigenvalue weighted by atomic mass is 19.4. The van der Waals surface area contributed by atoms with Crippen molar-refractivity contribution < 1.29 is 36.3 Å². The van der Waals surface area contributed by atoms with Crippen molar-refractivity contribution in [2.45, 2.75) is 51.4 Å². The predicted molar refractivity (Wildman–Crippen MR) is 137 cm³/mol. The maximum absolute atomic E-state index is 16.3. The molecule has 3 aromatic rings. The number of benzene rings is 2. The number of fused-ring (bicyclic) bond motifs is 1. The maximum Gasteiger partial charge on any atom is 0.421 e. The summed E-state index contributed by atoms with van der Waals surface area (Å²) in [5.41, 5.74) is -5.47. The summed E-state index contributed by atoms with van der Waals surface area (Å²) in [5.74, 6) is -3.46. The van der Waals surface area contributed by atoms with Crippen LogP contribution < -0.4 is 10.6 Å². The number of rotatable bonds is 3. The molecule has 1 aromatic heterocycles. The Morgan fingerprint density at radius 3 is 2.40 bits per heavy atom. The number of carbonyl (C=O) groups excluding carboxylic acids is 2. The molecule has 2 N–H and O–H groups in total. The maximum atomic E-state index is 16.3. The summed E-state index contributed by atoms with van der Waals surface area (Å²) in [7, 11) is 2.74. The molecule has 0 radical (unpaired) electrons. The van der Waals surface area contributed by atoms with E-state index in [2.05, 4.69) is 20.6 Å². The largest absolute Gasteiger partial charge is 0.444 e. The summed E-state index contributed by atoms with van der Waals surface area (Å²) in [4.78, 5) is 34.9. The first-order valence-electron chi connectivity index (χ1n) is 12.1. The smallest absolute Gasteiger partial charge is 0.421 e. The summed E-state index contributed by atoms with van der Waals surface area (Å²) >= 11 is 0. The molecule has 0 unspecified atom stereocenters. The van der Waals surface area contributed by atoms with Gasteiger partial charge in [-0.15, -0.1) is 0 Å². The Morgan fingerprint density at radius 2 is 1.80 bits per heavy atom. The predicted octanol–water partition coefficient (Wildman–Crippen LogP) is 5.32. The number of halogens is 5. The van der Waals surface area contributed by atoms with Crippen molar-refractivity contribution in [3.63, 3.8) is 0 Å². The molecule has 0 saturated heterocycles. The Morgan fingerprint density at radius 1 is 1.12 bits per heavy atom. The number of aromatic nitrogens is 2. The average Bonchev–Trinajstić information content (AvgIpc) is 3.18. The lowest BCUT2D eigenvalue weighted by molar-refractivity contribution is -0.138. The number of amides is 2. The minimum Gasteiger partial charge on any atom is -0.444 e. The van der Waals surface area contributed by atoms with E-state index in [4.69, 9.17) is 4.74 Å². The van der Waals surface area contributed by atoms with E-state index >= 15 is 4.39 Å². The molecule has 0 fully saturated rings. The van der Waals surface area contributed by atoms with Crippen molar-refractivity contribution >= 4 is 34.9 Å². The Labute approximate surface area is 226 Å². The van der Waals surface area contributed by atoms with Gasteiger partial charge in [-0.3, -0.25) is 19.6 Å². The van der Waals surface area contributed by atoms with E-state index in [1.807, 2.05) is 0 Å². The van der Waals surface area contributed by atoms with Gasteiger partial charge in [-0.1, -0.05) is 12.1 Å². The first kappa shape index (κ1) is 28.8. The fourth-order valence-corrected chi connectivity index (χ4v) is 4.46. The number of nitrogens with one attached hydrogen (secondary N) is 2. The van der Waals surface area contributed by atoms with Crippen molar-refractivity contribution in [3.8, 4) is 5.69 Å². The molecular weight excluding hydrogens is 539 g/mol. The minimum atomic E-state index is -5.11. The quantitative estimate of drug-likeness (QED) is 0.418. The van der Waals surface area contributed by atoms with Crippen LogP contribution in [0.25, 0.3) is 16.7 Å². The van der Waals surface area contributed by atoms with Gasteiger partial charge in [0.15, 0.2) is 5.82 Å². The van der Waals surface area contributed by atoms with Crippen LogP contribution in [0.1, 0.15) is 45.2 Å². The van der Waals surface area contributed by atoms with Gasteiger partial charge < -0.3 is 10.1 Å². The van der Waals surface area contributed by atoms with Gasteiger partial charge in [-0.2, -0.15) is 13.2 Å². The van der Waals surface area contributed by atoms with Gasteiger partial charge in [-0.05, 0) is 45.9 Å². The number of hydrogen-bond acceptors (Lipinski definition) is 6. The lowest BCUT2D eigenvalue weighted by atomic mass is 9.86. The topological polar surface area (TPSA) is 101 Å². The number of aliphatic imine (C=N–C) groups is 1. The normalized spacial score (nSPS) is 18.1. The number of nitrogens with zero attached hydrogens (tertiary/aromatic N) is 4. The number of alkyl carbamates (subject to hydrolysis) is 1. The molecule has 214 valence electrons. The SMILES string of the molecule is CNc1nc2ccc(F)c(C(F)(F)F)c2n1-c1cccc([C@]2(C)CC(=O)N(C)C(NC(=O)OC(C)(C)C)=N2)c1F. The second-order valence-corrected chi connectivity index (χ2v) is 10.4. The monoisotopic (exact) mass is 566 g/mol. The summed E-state index contributed by atoms with van der Waals surface area (Å²) in [6.45, 7) is 6.38. The number of alkyl halides is 3. The third kappa shape index (κ3) is 5.17. The molecule has 40 heavy (non-hydrogen) atoms. The number of ether oxygens (including phenoxy) is 1. The van der Waals surface area contributed by atoms with Gasteiger partial charge in [0.2, 0.25) is 17.8 Å². The molecular formula is C26H27F5N6O3. The van der Waals surface area contributed by atoms with Crippen molar-refractivity contribution in [1.82, 2.24) is 19.8 Å². The van der Waals surface area contributed by atoms with E-state index in [9.17, 15) is 27.2 Å². The Hall–Kier alpha value is -4.23. The molecule has 0 spiro atoms. The van der Waals surface area contributed by atoms with Crippen LogP contribution >= 0.6 is 0 Å². The van der Waals surface area contributed by atoms with Gasteiger partial charge in [0, 0.05) is 19.7 Å². The Balaban J connectivity index is 1.91. The van der Waals surface area contributed by atoms with Crippen molar-refractivity contribution in [2.75, 3.05) is 19.4 Å². The number of carbonyl (C=O) groups is 2. The van der Waals surface area contributed by atoms with Crippen molar-refractivity contribution in [3.05, 3.63) is 53.1 Å². The van der Waals surface area contributed by atoms with Crippen LogP contribution in [0, 0.1) is 11.6 Å². The number of anilines is 1. The number of guanidine groups is 1. The lowest BCUT2D eigenvalue weighted by Crippen LogP contribution is -2.52. The minimum absolute atomic E-state index is 0.149. The molecule has 2 aromatic carbocycles.